The fourth-order valence-corrected chi connectivity index (χ4v) is 3.26. The van der Waals surface area contributed by atoms with E-state index < -0.39 is 0 Å². The number of hydrogen-bond acceptors (Lipinski definition) is 7. The lowest BCUT2D eigenvalue weighted by molar-refractivity contribution is 0.227. The topological polar surface area (TPSA) is 68.4 Å². The van der Waals surface area contributed by atoms with Crippen LogP contribution in [0.4, 0.5) is 5.82 Å². The molecule has 22 heavy (non-hydrogen) atoms. The summed E-state index contributed by atoms with van der Waals surface area (Å²) in [6.45, 7) is 2.68. The number of aromatic nitrogens is 5. The van der Waals surface area contributed by atoms with Crippen LogP contribution in [-0.4, -0.2) is 44.5 Å². The molecule has 0 saturated carbocycles. The molecule has 1 aliphatic rings. The number of anilines is 1. The van der Waals surface area contributed by atoms with Crippen LogP contribution in [0.5, 0.6) is 5.19 Å². The van der Waals surface area contributed by atoms with Crippen LogP contribution in [0.25, 0.3) is 5.65 Å². The third-order valence-corrected chi connectivity index (χ3v) is 4.53. The molecule has 1 fully saturated rings. The van der Waals surface area contributed by atoms with Gasteiger partial charge in [-0.25, -0.2) is 4.98 Å². The van der Waals surface area contributed by atoms with Gasteiger partial charge in [-0.15, -0.1) is 15.3 Å². The van der Waals surface area contributed by atoms with Crippen molar-refractivity contribution in [3.8, 4) is 5.19 Å². The molecule has 1 atom stereocenters. The SMILES string of the molecule is c1csc(OCC2CCCN(c3ccc4nncn4n3)C2)n1. The highest BCUT2D eigenvalue weighted by molar-refractivity contribution is 7.11. The minimum absolute atomic E-state index is 0.496. The molecule has 0 N–H and O–H groups in total. The molecular formula is C14H16N6OS. The second-order valence-electron chi connectivity index (χ2n) is 5.39. The number of ether oxygens (including phenoxy) is 1. The molecule has 3 aromatic rings. The summed E-state index contributed by atoms with van der Waals surface area (Å²) in [7, 11) is 0. The van der Waals surface area contributed by atoms with Crippen molar-refractivity contribution in [3.05, 3.63) is 30.0 Å². The molecular weight excluding hydrogens is 300 g/mol. The van der Waals surface area contributed by atoms with Crippen molar-refractivity contribution in [2.45, 2.75) is 12.8 Å². The number of thiazole rings is 1. The zero-order valence-corrected chi connectivity index (χ0v) is 12.8. The molecule has 0 spiro atoms. The first-order valence-corrected chi connectivity index (χ1v) is 8.21. The van der Waals surface area contributed by atoms with Gasteiger partial charge in [0.1, 0.15) is 12.1 Å². The lowest BCUT2D eigenvalue weighted by Crippen LogP contribution is -2.38. The lowest BCUT2D eigenvalue weighted by Gasteiger charge is -2.33. The molecule has 8 heteroatoms. The molecule has 0 aromatic carbocycles. The molecule has 4 rings (SSSR count). The van der Waals surface area contributed by atoms with Crippen molar-refractivity contribution in [3.63, 3.8) is 0 Å². The first-order chi connectivity index (χ1) is 10.9. The number of hydrogen-bond donors (Lipinski definition) is 0. The summed E-state index contributed by atoms with van der Waals surface area (Å²) >= 11 is 1.53. The van der Waals surface area contributed by atoms with Gasteiger partial charge in [0.2, 0.25) is 0 Å². The highest BCUT2D eigenvalue weighted by atomic mass is 32.1. The Morgan fingerprint density at radius 2 is 2.36 bits per heavy atom. The van der Waals surface area contributed by atoms with Gasteiger partial charge >= 0.3 is 0 Å². The summed E-state index contributed by atoms with van der Waals surface area (Å²) in [6, 6.07) is 3.96. The highest BCUT2D eigenvalue weighted by Crippen LogP contribution is 2.23. The maximum atomic E-state index is 5.76. The van der Waals surface area contributed by atoms with E-state index in [1.807, 2.05) is 17.5 Å². The smallest absolute Gasteiger partial charge is 0.273 e. The third-order valence-electron chi connectivity index (χ3n) is 3.84. The summed E-state index contributed by atoms with van der Waals surface area (Å²) in [5.74, 6) is 1.46. The number of piperidine rings is 1. The van der Waals surface area contributed by atoms with Gasteiger partial charge in [0.05, 0.1) is 6.61 Å². The first kappa shape index (κ1) is 13.4. The molecule has 0 radical (unpaired) electrons. The first-order valence-electron chi connectivity index (χ1n) is 7.33. The number of nitrogens with zero attached hydrogens (tertiary/aromatic N) is 6. The Balaban J connectivity index is 1.43. The van der Waals surface area contributed by atoms with Crippen molar-refractivity contribution < 1.29 is 4.74 Å². The van der Waals surface area contributed by atoms with Crippen molar-refractivity contribution in [2.24, 2.45) is 5.92 Å². The van der Waals surface area contributed by atoms with Crippen molar-refractivity contribution in [1.82, 2.24) is 24.8 Å². The number of rotatable bonds is 4. The molecule has 1 unspecified atom stereocenters. The maximum absolute atomic E-state index is 5.76. The van der Waals surface area contributed by atoms with E-state index >= 15 is 0 Å². The van der Waals surface area contributed by atoms with Crippen molar-refractivity contribution >= 4 is 22.8 Å². The minimum atomic E-state index is 0.496. The van der Waals surface area contributed by atoms with E-state index in [4.69, 9.17) is 4.74 Å². The van der Waals surface area contributed by atoms with E-state index in [1.165, 1.54) is 17.8 Å². The van der Waals surface area contributed by atoms with Crippen molar-refractivity contribution in [2.75, 3.05) is 24.6 Å². The Morgan fingerprint density at radius 1 is 1.36 bits per heavy atom. The Kier molecular flexibility index (Phi) is 3.59. The van der Waals surface area contributed by atoms with Crippen LogP contribution >= 0.6 is 11.3 Å². The Bertz CT molecular complexity index is 743. The van der Waals surface area contributed by atoms with E-state index in [9.17, 15) is 0 Å². The summed E-state index contributed by atoms with van der Waals surface area (Å²) in [4.78, 5) is 6.46. The van der Waals surface area contributed by atoms with E-state index in [0.29, 0.717) is 12.5 Å². The predicted octanol–water partition coefficient (Wildman–Crippen LogP) is 1.88. The van der Waals surface area contributed by atoms with Crippen LogP contribution in [0.1, 0.15) is 12.8 Å². The highest BCUT2D eigenvalue weighted by Gasteiger charge is 2.22. The molecule has 4 heterocycles. The molecule has 0 amide bonds. The molecule has 3 aromatic heterocycles. The van der Waals surface area contributed by atoms with Gasteiger partial charge in [-0.3, -0.25) is 0 Å². The zero-order chi connectivity index (χ0) is 14.8. The van der Waals surface area contributed by atoms with Crippen LogP contribution < -0.4 is 9.64 Å². The van der Waals surface area contributed by atoms with Crippen LogP contribution in [0, 0.1) is 5.92 Å². The summed E-state index contributed by atoms with van der Waals surface area (Å²) in [5, 5.41) is 15.1. The van der Waals surface area contributed by atoms with Gasteiger partial charge in [0.25, 0.3) is 5.19 Å². The summed E-state index contributed by atoms with van der Waals surface area (Å²) in [6.07, 6.45) is 5.72. The van der Waals surface area contributed by atoms with Crippen LogP contribution in [0.2, 0.25) is 0 Å². The van der Waals surface area contributed by atoms with E-state index in [1.54, 1.807) is 17.0 Å². The summed E-state index contributed by atoms with van der Waals surface area (Å²) in [5.41, 5.74) is 0.768. The second kappa shape index (κ2) is 5.88. The van der Waals surface area contributed by atoms with Crippen molar-refractivity contribution in [1.29, 1.82) is 0 Å². The van der Waals surface area contributed by atoms with E-state index in [0.717, 1.165) is 36.2 Å². The Labute approximate surface area is 131 Å². The predicted molar refractivity (Wildman–Crippen MR) is 83.3 cm³/mol. The van der Waals surface area contributed by atoms with Crippen LogP contribution in [0.15, 0.2) is 30.0 Å². The average Bonchev–Trinajstić information content (AvgIpc) is 3.24. The standard InChI is InChI=1S/C14H16N6OS/c1-2-11(9-21-14-15-5-7-22-14)8-19(6-1)13-4-3-12-17-16-10-20(12)18-13/h3-5,7,10-11H,1-2,6,8-9H2. The normalized spacial score (nSPS) is 18.7. The maximum Gasteiger partial charge on any atom is 0.273 e. The monoisotopic (exact) mass is 316 g/mol. The fraction of sp³-hybridized carbons (Fsp3) is 0.429. The average molecular weight is 316 g/mol. The second-order valence-corrected chi connectivity index (χ2v) is 6.25. The molecule has 1 aliphatic heterocycles. The lowest BCUT2D eigenvalue weighted by atomic mass is 9.99. The van der Waals surface area contributed by atoms with Crippen LogP contribution in [0.3, 0.4) is 0 Å². The van der Waals surface area contributed by atoms with Crippen LogP contribution in [-0.2, 0) is 0 Å². The molecule has 0 aliphatic carbocycles. The van der Waals surface area contributed by atoms with Gasteiger partial charge in [0, 0.05) is 30.6 Å². The van der Waals surface area contributed by atoms with Gasteiger partial charge in [-0.2, -0.15) is 4.52 Å². The third kappa shape index (κ3) is 2.74. The zero-order valence-electron chi connectivity index (χ0n) is 12.0. The molecule has 7 nitrogen and oxygen atoms in total. The largest absolute Gasteiger partial charge is 0.470 e. The Morgan fingerprint density at radius 3 is 3.27 bits per heavy atom. The molecule has 0 bridgehead atoms. The minimum Gasteiger partial charge on any atom is -0.470 e. The van der Waals surface area contributed by atoms with Gasteiger partial charge in [-0.05, 0) is 25.0 Å². The van der Waals surface area contributed by atoms with E-state index in [-0.39, 0.29) is 0 Å². The fourth-order valence-electron chi connectivity index (χ4n) is 2.77. The molecule has 1 saturated heterocycles. The van der Waals surface area contributed by atoms with Gasteiger partial charge < -0.3 is 9.64 Å². The van der Waals surface area contributed by atoms with Gasteiger partial charge in [-0.1, -0.05) is 11.3 Å². The quantitative estimate of drug-likeness (QED) is 0.732. The molecule has 114 valence electrons. The summed E-state index contributed by atoms with van der Waals surface area (Å²) < 4.78 is 7.48. The van der Waals surface area contributed by atoms with Gasteiger partial charge in [0.15, 0.2) is 5.65 Å². The Hall–Kier alpha value is -2.22. The van der Waals surface area contributed by atoms with E-state index in [2.05, 4.69) is 25.2 Å². The number of fused-ring (bicyclic) bond motifs is 1.